The summed E-state index contributed by atoms with van der Waals surface area (Å²) >= 11 is 0. The summed E-state index contributed by atoms with van der Waals surface area (Å²) in [6.07, 6.45) is 4.35. The van der Waals surface area contributed by atoms with Crippen molar-refractivity contribution < 1.29 is 23.9 Å². The van der Waals surface area contributed by atoms with Crippen LogP contribution >= 0.6 is 0 Å². The van der Waals surface area contributed by atoms with E-state index in [-0.39, 0.29) is 47.8 Å². The smallest absolute Gasteiger partial charge is 0.310 e. The molecule has 0 saturated carbocycles. The lowest BCUT2D eigenvalue weighted by Gasteiger charge is -2.49. The van der Waals surface area contributed by atoms with Gasteiger partial charge in [0.15, 0.2) is 5.78 Å². The van der Waals surface area contributed by atoms with Crippen molar-refractivity contribution in [1.82, 2.24) is 4.90 Å². The minimum absolute atomic E-state index is 0.109. The standard InChI is InChI=1S/C22H29NO5/c1-4-13-14-7-5-6-8-23-15(16-9-11(2)20(25)27-16)10-17(24)22(18(14)23)12(3)21(26)28-19(13)22/h11-13,15-16,19H,4-10H2,1-3H3. The highest BCUT2D eigenvalue weighted by atomic mass is 16.6. The van der Waals surface area contributed by atoms with Crippen LogP contribution in [0, 0.1) is 23.2 Å². The molecule has 0 aromatic heterocycles. The van der Waals surface area contributed by atoms with Crippen LogP contribution in [0.2, 0.25) is 0 Å². The summed E-state index contributed by atoms with van der Waals surface area (Å²) in [5.41, 5.74) is 1.55. The summed E-state index contributed by atoms with van der Waals surface area (Å²) in [5.74, 6) is -0.739. The first kappa shape index (κ1) is 18.2. The molecule has 28 heavy (non-hydrogen) atoms. The van der Waals surface area contributed by atoms with Crippen LogP contribution in [0.1, 0.15) is 59.3 Å². The summed E-state index contributed by atoms with van der Waals surface area (Å²) in [7, 11) is 0. The maximum atomic E-state index is 13.7. The predicted octanol–water partition coefficient (Wildman–Crippen LogP) is 2.61. The fourth-order valence-electron chi connectivity index (χ4n) is 6.67. The van der Waals surface area contributed by atoms with Gasteiger partial charge in [0.05, 0.1) is 17.9 Å². The molecule has 0 N–H and O–H groups in total. The van der Waals surface area contributed by atoms with E-state index in [1.54, 1.807) is 0 Å². The minimum atomic E-state index is -0.831. The molecular weight excluding hydrogens is 358 g/mol. The largest absolute Gasteiger partial charge is 0.460 e. The number of carbonyl (C=O) groups is 3. The first-order valence-corrected chi connectivity index (χ1v) is 10.9. The van der Waals surface area contributed by atoms with Gasteiger partial charge >= 0.3 is 11.9 Å². The van der Waals surface area contributed by atoms with Gasteiger partial charge in [0.1, 0.15) is 17.6 Å². The van der Waals surface area contributed by atoms with Crippen LogP contribution in [0.25, 0.3) is 0 Å². The van der Waals surface area contributed by atoms with Crippen molar-refractivity contribution in [2.75, 3.05) is 6.54 Å². The van der Waals surface area contributed by atoms with Crippen LogP contribution in [0.5, 0.6) is 0 Å². The lowest BCUT2D eigenvalue weighted by atomic mass is 9.65. The van der Waals surface area contributed by atoms with E-state index >= 15 is 0 Å². The van der Waals surface area contributed by atoms with Gasteiger partial charge in [-0.15, -0.1) is 0 Å². The molecule has 152 valence electrons. The predicted molar refractivity (Wildman–Crippen MR) is 99.9 cm³/mol. The van der Waals surface area contributed by atoms with Crippen molar-refractivity contribution >= 4 is 17.7 Å². The number of piperidine rings is 1. The van der Waals surface area contributed by atoms with E-state index in [1.165, 1.54) is 5.57 Å². The number of hydrogen-bond donors (Lipinski definition) is 0. The minimum Gasteiger partial charge on any atom is -0.460 e. The molecule has 3 saturated heterocycles. The molecule has 1 aliphatic carbocycles. The highest BCUT2D eigenvalue weighted by Crippen LogP contribution is 2.63. The number of esters is 2. The van der Waals surface area contributed by atoms with Crippen LogP contribution in [0.15, 0.2) is 11.3 Å². The Morgan fingerprint density at radius 3 is 2.57 bits per heavy atom. The average Bonchev–Trinajstić information content (AvgIpc) is 3.15. The second kappa shape index (κ2) is 6.07. The fourth-order valence-corrected chi connectivity index (χ4v) is 6.67. The Kier molecular flexibility index (Phi) is 3.95. The van der Waals surface area contributed by atoms with Gasteiger partial charge < -0.3 is 14.4 Å². The van der Waals surface area contributed by atoms with E-state index < -0.39 is 11.3 Å². The number of rotatable bonds is 2. The van der Waals surface area contributed by atoms with Gasteiger partial charge in [-0.1, -0.05) is 20.8 Å². The van der Waals surface area contributed by atoms with Crippen molar-refractivity contribution in [3.63, 3.8) is 0 Å². The molecule has 0 aromatic carbocycles. The van der Waals surface area contributed by atoms with Crippen LogP contribution in [0.4, 0.5) is 0 Å². The molecule has 7 unspecified atom stereocenters. The van der Waals surface area contributed by atoms with Crippen LogP contribution in [-0.2, 0) is 23.9 Å². The number of Topliss-reactive ketones (excluding diaryl/α,β-unsaturated/α-hetero) is 1. The number of ether oxygens (including phenoxy) is 2. The highest BCUT2D eigenvalue weighted by molar-refractivity contribution is 5.98. The number of ketones is 1. The zero-order chi connectivity index (χ0) is 19.8. The highest BCUT2D eigenvalue weighted by Gasteiger charge is 2.71. The summed E-state index contributed by atoms with van der Waals surface area (Å²) in [5, 5.41) is 0. The molecule has 0 radical (unpaired) electrons. The molecule has 1 spiro atoms. The monoisotopic (exact) mass is 387 g/mol. The van der Waals surface area contributed by atoms with Crippen molar-refractivity contribution in [2.24, 2.45) is 23.2 Å². The fraction of sp³-hybridized carbons (Fsp3) is 0.773. The van der Waals surface area contributed by atoms with Crippen molar-refractivity contribution in [1.29, 1.82) is 0 Å². The van der Waals surface area contributed by atoms with Crippen LogP contribution in [-0.4, -0.2) is 47.4 Å². The third-order valence-corrected chi connectivity index (χ3v) is 8.00. The molecule has 5 aliphatic rings. The molecule has 0 bridgehead atoms. The zero-order valence-corrected chi connectivity index (χ0v) is 16.9. The summed E-state index contributed by atoms with van der Waals surface area (Å²) in [6, 6.07) is -0.116. The van der Waals surface area contributed by atoms with E-state index in [0.29, 0.717) is 12.8 Å². The Labute approximate surface area is 165 Å². The average molecular weight is 387 g/mol. The van der Waals surface area contributed by atoms with Crippen molar-refractivity contribution in [3.8, 4) is 0 Å². The maximum Gasteiger partial charge on any atom is 0.310 e. The number of hydrogen-bond acceptors (Lipinski definition) is 6. The molecule has 6 heteroatoms. The van der Waals surface area contributed by atoms with Crippen LogP contribution in [0.3, 0.4) is 0 Å². The van der Waals surface area contributed by atoms with Gasteiger partial charge in [-0.05, 0) is 37.7 Å². The topological polar surface area (TPSA) is 72.9 Å². The summed E-state index contributed by atoms with van der Waals surface area (Å²) in [4.78, 5) is 40.7. The number of carbonyl (C=O) groups excluding carboxylic acids is 3. The molecule has 6 nitrogen and oxygen atoms in total. The Bertz CT molecular complexity index is 788. The Balaban J connectivity index is 1.65. The molecule has 3 fully saturated rings. The van der Waals surface area contributed by atoms with Gasteiger partial charge in [0.25, 0.3) is 0 Å². The van der Waals surface area contributed by atoms with E-state index in [4.69, 9.17) is 9.47 Å². The molecule has 4 aliphatic heterocycles. The Hall–Kier alpha value is -1.85. The second-order valence-electron chi connectivity index (χ2n) is 9.29. The maximum absolute atomic E-state index is 13.7. The lowest BCUT2D eigenvalue weighted by Crippen LogP contribution is -2.59. The van der Waals surface area contributed by atoms with Crippen LogP contribution < -0.4 is 0 Å². The van der Waals surface area contributed by atoms with Gasteiger partial charge in [0, 0.05) is 24.6 Å². The Morgan fingerprint density at radius 1 is 1.11 bits per heavy atom. The SMILES string of the molecule is CCC1C2=C3N(CCCC2)C(C2CC(C)C(=O)O2)CC(=O)C32C(C)C(=O)OC12. The normalized spacial score (nSPS) is 45.0. The third-order valence-electron chi connectivity index (χ3n) is 8.00. The van der Waals surface area contributed by atoms with Gasteiger partial charge in [0.2, 0.25) is 0 Å². The van der Waals surface area contributed by atoms with Gasteiger partial charge in [-0.25, -0.2) is 0 Å². The Morgan fingerprint density at radius 2 is 1.89 bits per heavy atom. The van der Waals surface area contributed by atoms with Gasteiger partial charge in [-0.2, -0.15) is 0 Å². The molecule has 7 atom stereocenters. The number of nitrogens with zero attached hydrogens (tertiary/aromatic N) is 1. The van der Waals surface area contributed by atoms with Gasteiger partial charge in [-0.3, -0.25) is 14.4 Å². The zero-order valence-electron chi connectivity index (χ0n) is 16.9. The van der Waals surface area contributed by atoms with E-state index in [9.17, 15) is 14.4 Å². The molecular formula is C22H29NO5. The lowest BCUT2D eigenvalue weighted by molar-refractivity contribution is -0.151. The molecule has 4 heterocycles. The molecule has 5 rings (SSSR count). The molecule has 0 amide bonds. The van der Waals surface area contributed by atoms with Crippen molar-refractivity contribution in [2.45, 2.75) is 77.5 Å². The van der Waals surface area contributed by atoms with Crippen molar-refractivity contribution in [3.05, 3.63) is 11.3 Å². The van der Waals surface area contributed by atoms with E-state index in [2.05, 4.69) is 11.8 Å². The first-order chi connectivity index (χ1) is 13.4. The first-order valence-electron chi connectivity index (χ1n) is 10.9. The third kappa shape index (κ3) is 2.07. The van der Waals surface area contributed by atoms with E-state index in [0.717, 1.165) is 37.9 Å². The summed E-state index contributed by atoms with van der Waals surface area (Å²) in [6.45, 7) is 6.73. The number of cyclic esters (lactones) is 1. The van der Waals surface area contributed by atoms with E-state index in [1.807, 2.05) is 13.8 Å². The summed E-state index contributed by atoms with van der Waals surface area (Å²) < 4.78 is 11.6. The second-order valence-corrected chi connectivity index (χ2v) is 9.29. The molecule has 0 aromatic rings. The quantitative estimate of drug-likeness (QED) is 0.678.